The Labute approximate surface area is 193 Å². The molecule has 3 nitrogen and oxygen atoms in total. The first-order chi connectivity index (χ1) is 16.2. The van der Waals surface area contributed by atoms with Crippen LogP contribution in [0, 0.1) is 6.92 Å². The fourth-order valence-electron chi connectivity index (χ4n) is 4.28. The molecule has 0 aliphatic rings. The third kappa shape index (κ3) is 4.31. The highest BCUT2D eigenvalue weighted by molar-refractivity contribution is 6.05. The summed E-state index contributed by atoms with van der Waals surface area (Å²) < 4.78 is 11.7. The fraction of sp³-hybridized carbons (Fsp3) is 0.100. The van der Waals surface area contributed by atoms with Crippen molar-refractivity contribution >= 4 is 27.5 Å². The normalized spacial score (nSPS) is 10.9. The van der Waals surface area contributed by atoms with E-state index in [1.54, 1.807) is 12.1 Å². The molecule has 0 fully saturated rings. The summed E-state index contributed by atoms with van der Waals surface area (Å²) >= 11 is 0. The van der Waals surface area contributed by atoms with Gasteiger partial charge in [0.15, 0.2) is 0 Å². The second-order valence-corrected chi connectivity index (χ2v) is 8.07. The van der Waals surface area contributed by atoms with E-state index in [1.807, 2.05) is 42.5 Å². The van der Waals surface area contributed by atoms with Gasteiger partial charge in [0.25, 0.3) is 0 Å². The van der Waals surface area contributed by atoms with Crippen LogP contribution in [0.15, 0.2) is 103 Å². The quantitative estimate of drug-likeness (QED) is 0.210. The lowest BCUT2D eigenvalue weighted by Crippen LogP contribution is -2.05. The number of carbonyl (C=O) groups excluding carboxylic acids is 1. The van der Waals surface area contributed by atoms with Crippen LogP contribution in [0.1, 0.15) is 27.0 Å². The molecule has 0 aliphatic heterocycles. The molecule has 0 radical (unpaired) electrons. The van der Waals surface area contributed by atoms with Gasteiger partial charge in [0, 0.05) is 5.56 Å². The number of fused-ring (bicyclic) bond motifs is 2. The first kappa shape index (κ1) is 20.8. The van der Waals surface area contributed by atoms with Crippen LogP contribution in [0.5, 0.6) is 5.75 Å². The molecule has 0 unspecified atom stereocenters. The number of esters is 1. The van der Waals surface area contributed by atoms with E-state index in [2.05, 4.69) is 55.5 Å². The zero-order chi connectivity index (χ0) is 22.6. The van der Waals surface area contributed by atoms with Crippen LogP contribution in [0.25, 0.3) is 21.5 Å². The number of ether oxygens (including phenoxy) is 2. The molecule has 5 aromatic carbocycles. The van der Waals surface area contributed by atoms with Crippen LogP contribution in [-0.4, -0.2) is 5.97 Å². The summed E-state index contributed by atoms with van der Waals surface area (Å²) in [6.45, 7) is 2.82. The van der Waals surface area contributed by atoms with Crippen molar-refractivity contribution in [1.82, 2.24) is 0 Å². The molecule has 0 heterocycles. The zero-order valence-electron chi connectivity index (χ0n) is 18.5. The lowest BCUT2D eigenvalue weighted by molar-refractivity contribution is 0.0472. The Kier molecular flexibility index (Phi) is 5.77. The van der Waals surface area contributed by atoms with Crippen molar-refractivity contribution in [2.45, 2.75) is 20.1 Å². The van der Waals surface area contributed by atoms with Gasteiger partial charge in [0.1, 0.15) is 19.0 Å². The highest BCUT2D eigenvalue weighted by atomic mass is 16.5. The molecular weight excluding hydrogens is 408 g/mol. The Morgan fingerprint density at radius 2 is 1.27 bits per heavy atom. The van der Waals surface area contributed by atoms with Crippen LogP contribution in [0.3, 0.4) is 0 Å². The van der Waals surface area contributed by atoms with Gasteiger partial charge in [0.2, 0.25) is 0 Å². The van der Waals surface area contributed by atoms with Gasteiger partial charge in [-0.15, -0.1) is 0 Å². The van der Waals surface area contributed by atoms with Crippen LogP contribution < -0.4 is 4.74 Å². The summed E-state index contributed by atoms with van der Waals surface area (Å²) in [6, 6.07) is 33.7. The molecule has 0 aromatic heterocycles. The van der Waals surface area contributed by atoms with Crippen LogP contribution in [-0.2, 0) is 18.0 Å². The molecule has 0 atom stereocenters. The smallest absolute Gasteiger partial charge is 0.338 e. The molecule has 0 saturated heterocycles. The molecule has 5 rings (SSSR count). The lowest BCUT2D eigenvalue weighted by Gasteiger charge is -2.16. The second-order valence-electron chi connectivity index (χ2n) is 8.07. The maximum Gasteiger partial charge on any atom is 0.338 e. The lowest BCUT2D eigenvalue weighted by atomic mass is 9.93. The fourth-order valence-corrected chi connectivity index (χ4v) is 4.28. The standard InChI is InChI=1S/C30H24O3/c1-21-25-14-5-7-16-27(25)29(28-17-8-6-15-26(21)28)20-32-24-13-9-10-22(18-24)19-33-30(31)23-11-3-2-4-12-23/h2-18H,19-20H2,1H3. The van der Waals surface area contributed by atoms with Gasteiger partial charge >= 0.3 is 5.97 Å². The zero-order valence-corrected chi connectivity index (χ0v) is 18.5. The highest BCUT2D eigenvalue weighted by Gasteiger charge is 2.12. The number of aryl methyl sites for hydroxylation is 1. The summed E-state index contributed by atoms with van der Waals surface area (Å²) in [4.78, 5) is 12.2. The summed E-state index contributed by atoms with van der Waals surface area (Å²) in [5.41, 5.74) is 3.89. The van der Waals surface area contributed by atoms with Crippen molar-refractivity contribution in [3.8, 4) is 5.75 Å². The number of hydrogen-bond donors (Lipinski definition) is 0. The monoisotopic (exact) mass is 432 g/mol. The van der Waals surface area contributed by atoms with Gasteiger partial charge in [0.05, 0.1) is 5.56 Å². The maximum absolute atomic E-state index is 12.2. The van der Waals surface area contributed by atoms with E-state index in [0.29, 0.717) is 12.2 Å². The van der Waals surface area contributed by atoms with Gasteiger partial charge in [-0.1, -0.05) is 78.9 Å². The van der Waals surface area contributed by atoms with Crippen molar-refractivity contribution in [3.05, 3.63) is 125 Å². The molecule has 3 heteroatoms. The third-order valence-electron chi connectivity index (χ3n) is 5.97. The predicted molar refractivity (Wildman–Crippen MR) is 133 cm³/mol. The summed E-state index contributed by atoms with van der Waals surface area (Å²) in [5, 5.41) is 4.91. The minimum absolute atomic E-state index is 0.196. The average Bonchev–Trinajstić information content (AvgIpc) is 2.88. The van der Waals surface area contributed by atoms with Crippen LogP contribution >= 0.6 is 0 Å². The topological polar surface area (TPSA) is 35.5 Å². The van der Waals surface area contributed by atoms with Gasteiger partial charge in [-0.25, -0.2) is 4.79 Å². The van der Waals surface area contributed by atoms with E-state index in [1.165, 1.54) is 32.7 Å². The Balaban J connectivity index is 1.37. The Hall–Kier alpha value is -4.11. The largest absolute Gasteiger partial charge is 0.489 e. The van der Waals surface area contributed by atoms with Gasteiger partial charge in [-0.05, 0) is 63.9 Å². The molecule has 0 bridgehead atoms. The predicted octanol–water partition coefficient (Wildman–Crippen LogP) is 7.24. The number of hydrogen-bond acceptors (Lipinski definition) is 3. The van der Waals surface area contributed by atoms with E-state index in [4.69, 9.17) is 9.47 Å². The molecule has 0 amide bonds. The van der Waals surface area contributed by atoms with Gasteiger partial charge in [-0.3, -0.25) is 0 Å². The van der Waals surface area contributed by atoms with Gasteiger partial charge < -0.3 is 9.47 Å². The number of rotatable bonds is 6. The number of carbonyl (C=O) groups is 1. The molecule has 5 aromatic rings. The Bertz CT molecular complexity index is 1380. The van der Waals surface area contributed by atoms with Crippen molar-refractivity contribution in [2.75, 3.05) is 0 Å². The van der Waals surface area contributed by atoms with E-state index in [9.17, 15) is 4.79 Å². The second kappa shape index (κ2) is 9.17. The van der Waals surface area contributed by atoms with Crippen molar-refractivity contribution in [3.63, 3.8) is 0 Å². The van der Waals surface area contributed by atoms with Crippen LogP contribution in [0.2, 0.25) is 0 Å². The average molecular weight is 433 g/mol. The van der Waals surface area contributed by atoms with E-state index in [-0.39, 0.29) is 12.6 Å². The molecule has 0 spiro atoms. The van der Waals surface area contributed by atoms with Crippen LogP contribution in [0.4, 0.5) is 0 Å². The van der Waals surface area contributed by atoms with Crippen molar-refractivity contribution in [1.29, 1.82) is 0 Å². The molecule has 0 N–H and O–H groups in total. The SMILES string of the molecule is Cc1c2ccccc2c(COc2cccc(COC(=O)c3ccccc3)c2)c2ccccc12. The molecule has 33 heavy (non-hydrogen) atoms. The number of benzene rings is 5. The molecule has 0 aliphatic carbocycles. The molecule has 0 saturated carbocycles. The summed E-state index contributed by atoms with van der Waals surface area (Å²) in [6.07, 6.45) is 0. The Morgan fingerprint density at radius 1 is 0.667 bits per heavy atom. The minimum Gasteiger partial charge on any atom is -0.489 e. The summed E-state index contributed by atoms with van der Waals surface area (Å²) in [5.74, 6) is 0.413. The van der Waals surface area contributed by atoms with Crippen molar-refractivity contribution < 1.29 is 14.3 Å². The van der Waals surface area contributed by atoms with E-state index < -0.39 is 0 Å². The van der Waals surface area contributed by atoms with Gasteiger partial charge in [-0.2, -0.15) is 0 Å². The first-order valence-corrected chi connectivity index (χ1v) is 11.0. The third-order valence-corrected chi connectivity index (χ3v) is 5.97. The highest BCUT2D eigenvalue weighted by Crippen LogP contribution is 2.33. The summed E-state index contributed by atoms with van der Waals surface area (Å²) in [7, 11) is 0. The minimum atomic E-state index is -0.334. The Morgan fingerprint density at radius 3 is 1.94 bits per heavy atom. The molecule has 162 valence electrons. The van der Waals surface area contributed by atoms with Crippen molar-refractivity contribution in [2.24, 2.45) is 0 Å². The van der Waals surface area contributed by atoms with E-state index in [0.717, 1.165) is 11.3 Å². The first-order valence-electron chi connectivity index (χ1n) is 11.0. The van der Waals surface area contributed by atoms with E-state index >= 15 is 0 Å². The maximum atomic E-state index is 12.2. The molecular formula is C30H24O3.